The molecule has 94 valence electrons. The lowest BCUT2D eigenvalue weighted by atomic mass is 10.1. The van der Waals surface area contributed by atoms with Crippen LogP contribution in [-0.4, -0.2) is 21.3 Å². The van der Waals surface area contributed by atoms with E-state index >= 15 is 0 Å². The Hall–Kier alpha value is -1.03. The maximum Gasteiger partial charge on any atom is 0.271 e. The van der Waals surface area contributed by atoms with Crippen LogP contribution in [0.15, 0.2) is 12.1 Å². The lowest BCUT2D eigenvalue weighted by Crippen LogP contribution is -2.12. The number of rotatable bonds is 3. The third-order valence-electron chi connectivity index (χ3n) is 2.33. The SMILES string of the molecule is NC(=O)c1n[nH]nc1-c1cc(F)c(CBr)c(I)c1. The summed E-state index contributed by atoms with van der Waals surface area (Å²) < 4.78 is 14.6. The number of carbonyl (C=O) groups excluding carboxylic acids is 1. The van der Waals surface area contributed by atoms with Crippen molar-refractivity contribution >= 4 is 44.4 Å². The summed E-state index contributed by atoms with van der Waals surface area (Å²) in [5, 5.41) is 10.2. The number of benzene rings is 1. The Labute approximate surface area is 124 Å². The highest BCUT2D eigenvalue weighted by atomic mass is 127. The van der Waals surface area contributed by atoms with Crippen LogP contribution in [0.2, 0.25) is 0 Å². The van der Waals surface area contributed by atoms with E-state index in [2.05, 4.69) is 31.3 Å². The van der Waals surface area contributed by atoms with Crippen LogP contribution in [0.25, 0.3) is 11.3 Å². The number of nitrogens with one attached hydrogen (secondary N) is 1. The zero-order valence-corrected chi connectivity index (χ0v) is 12.6. The van der Waals surface area contributed by atoms with Crippen molar-refractivity contribution in [1.29, 1.82) is 0 Å². The van der Waals surface area contributed by atoms with Gasteiger partial charge in [0.25, 0.3) is 5.91 Å². The molecule has 1 amide bonds. The van der Waals surface area contributed by atoms with Gasteiger partial charge < -0.3 is 5.73 Å². The molecule has 0 saturated heterocycles. The highest BCUT2D eigenvalue weighted by molar-refractivity contribution is 14.1. The summed E-state index contributed by atoms with van der Waals surface area (Å²) in [7, 11) is 0. The average Bonchev–Trinajstić information content (AvgIpc) is 2.77. The van der Waals surface area contributed by atoms with Gasteiger partial charge in [0.2, 0.25) is 0 Å². The van der Waals surface area contributed by atoms with Crippen LogP contribution in [-0.2, 0) is 5.33 Å². The second-order valence-corrected chi connectivity index (χ2v) is 5.16. The van der Waals surface area contributed by atoms with Crippen molar-refractivity contribution in [2.75, 3.05) is 0 Å². The van der Waals surface area contributed by atoms with Crippen LogP contribution < -0.4 is 5.73 Å². The maximum atomic E-state index is 13.8. The molecular weight excluding hydrogens is 418 g/mol. The van der Waals surface area contributed by atoms with Gasteiger partial charge in [-0.3, -0.25) is 4.79 Å². The third kappa shape index (κ3) is 2.39. The number of halogens is 3. The first-order valence-corrected chi connectivity index (χ1v) is 6.99. The van der Waals surface area contributed by atoms with Gasteiger partial charge >= 0.3 is 0 Å². The van der Waals surface area contributed by atoms with Crippen molar-refractivity contribution < 1.29 is 9.18 Å². The van der Waals surface area contributed by atoms with Crippen molar-refractivity contribution in [3.05, 3.63) is 32.8 Å². The molecule has 0 aliphatic heterocycles. The number of amides is 1. The first-order chi connectivity index (χ1) is 8.54. The lowest BCUT2D eigenvalue weighted by molar-refractivity contribution is 0.0996. The summed E-state index contributed by atoms with van der Waals surface area (Å²) in [4.78, 5) is 11.1. The van der Waals surface area contributed by atoms with Crippen LogP contribution in [0.1, 0.15) is 16.1 Å². The molecule has 1 aromatic carbocycles. The van der Waals surface area contributed by atoms with Crippen molar-refractivity contribution in [1.82, 2.24) is 15.4 Å². The van der Waals surface area contributed by atoms with Crippen LogP contribution in [0.4, 0.5) is 4.39 Å². The maximum absolute atomic E-state index is 13.8. The molecule has 8 heteroatoms. The summed E-state index contributed by atoms with van der Waals surface area (Å²) in [6.45, 7) is 0. The van der Waals surface area contributed by atoms with E-state index in [0.29, 0.717) is 16.5 Å². The number of nitrogens with two attached hydrogens (primary N) is 1. The smallest absolute Gasteiger partial charge is 0.271 e. The fourth-order valence-electron chi connectivity index (χ4n) is 1.47. The number of hydrogen-bond acceptors (Lipinski definition) is 3. The predicted octanol–water partition coefficient (Wildman–Crippen LogP) is 2.21. The second kappa shape index (κ2) is 5.31. The molecule has 0 aliphatic rings. The van der Waals surface area contributed by atoms with Crippen molar-refractivity contribution in [2.24, 2.45) is 5.73 Å². The Kier molecular flexibility index (Phi) is 3.95. The Morgan fingerprint density at radius 2 is 2.22 bits per heavy atom. The van der Waals surface area contributed by atoms with Gasteiger partial charge in [-0.1, -0.05) is 15.9 Å². The van der Waals surface area contributed by atoms with E-state index in [9.17, 15) is 9.18 Å². The molecule has 0 unspecified atom stereocenters. The summed E-state index contributed by atoms with van der Waals surface area (Å²) in [6.07, 6.45) is 0. The Morgan fingerprint density at radius 3 is 2.78 bits per heavy atom. The summed E-state index contributed by atoms with van der Waals surface area (Å²) >= 11 is 5.24. The monoisotopic (exact) mass is 424 g/mol. The molecule has 2 rings (SSSR count). The molecular formula is C10H7BrFIN4O. The minimum absolute atomic E-state index is 0.00297. The fraction of sp³-hybridized carbons (Fsp3) is 0.100. The van der Waals surface area contributed by atoms with Gasteiger partial charge in [0.05, 0.1) is 0 Å². The van der Waals surface area contributed by atoms with E-state index < -0.39 is 5.91 Å². The topological polar surface area (TPSA) is 84.7 Å². The molecule has 2 aromatic rings. The number of H-pyrrole nitrogens is 1. The largest absolute Gasteiger partial charge is 0.364 e. The molecule has 0 saturated carbocycles. The Morgan fingerprint density at radius 1 is 1.50 bits per heavy atom. The number of carbonyl (C=O) groups is 1. The lowest BCUT2D eigenvalue weighted by Gasteiger charge is -2.05. The van der Waals surface area contributed by atoms with Gasteiger partial charge in [-0.05, 0) is 34.7 Å². The van der Waals surface area contributed by atoms with Crippen LogP contribution in [0.3, 0.4) is 0 Å². The third-order valence-corrected chi connectivity index (χ3v) is 3.85. The average molecular weight is 425 g/mol. The zero-order chi connectivity index (χ0) is 13.3. The molecule has 0 spiro atoms. The van der Waals surface area contributed by atoms with Gasteiger partial charge in [-0.15, -0.1) is 0 Å². The van der Waals surface area contributed by atoms with E-state index in [1.54, 1.807) is 6.07 Å². The minimum Gasteiger partial charge on any atom is -0.364 e. The van der Waals surface area contributed by atoms with Crippen LogP contribution in [0, 0.1) is 9.39 Å². The zero-order valence-electron chi connectivity index (χ0n) is 8.88. The minimum atomic E-state index is -0.710. The van der Waals surface area contributed by atoms with Gasteiger partial charge in [0, 0.05) is 20.0 Å². The number of primary amides is 1. The first-order valence-electron chi connectivity index (χ1n) is 4.79. The van der Waals surface area contributed by atoms with E-state index in [-0.39, 0.29) is 17.2 Å². The molecule has 0 fully saturated rings. The molecule has 0 aliphatic carbocycles. The van der Waals surface area contributed by atoms with E-state index in [1.165, 1.54) is 6.07 Å². The second-order valence-electron chi connectivity index (χ2n) is 3.44. The number of hydrogen-bond donors (Lipinski definition) is 2. The number of aromatic nitrogens is 3. The molecule has 5 nitrogen and oxygen atoms in total. The summed E-state index contributed by atoms with van der Waals surface area (Å²) in [5.74, 6) is -1.08. The standard InChI is InChI=1S/C10H7BrFIN4O/c11-3-5-6(12)1-4(2-7(5)13)8-9(10(14)18)16-17-15-8/h1-2H,3H2,(H2,14,18)(H,15,16,17). The highest BCUT2D eigenvalue weighted by Gasteiger charge is 2.17. The van der Waals surface area contributed by atoms with Gasteiger partial charge in [0.1, 0.15) is 11.5 Å². The van der Waals surface area contributed by atoms with Crippen molar-refractivity contribution in [3.8, 4) is 11.3 Å². The fourth-order valence-corrected chi connectivity index (χ4v) is 3.35. The van der Waals surface area contributed by atoms with Gasteiger partial charge in [-0.2, -0.15) is 15.4 Å². The number of nitrogens with zero attached hydrogens (tertiary/aromatic N) is 2. The highest BCUT2D eigenvalue weighted by Crippen LogP contribution is 2.27. The predicted molar refractivity (Wildman–Crippen MR) is 75.6 cm³/mol. The molecule has 0 radical (unpaired) electrons. The molecule has 3 N–H and O–H groups in total. The van der Waals surface area contributed by atoms with Crippen LogP contribution >= 0.6 is 38.5 Å². The number of aromatic amines is 1. The molecule has 0 bridgehead atoms. The summed E-state index contributed by atoms with van der Waals surface area (Å²) in [6, 6.07) is 3.04. The van der Waals surface area contributed by atoms with Crippen molar-refractivity contribution in [2.45, 2.75) is 5.33 Å². The van der Waals surface area contributed by atoms with Gasteiger partial charge in [-0.25, -0.2) is 4.39 Å². The van der Waals surface area contributed by atoms with Gasteiger partial charge in [0.15, 0.2) is 5.69 Å². The van der Waals surface area contributed by atoms with E-state index in [1.807, 2.05) is 22.6 Å². The van der Waals surface area contributed by atoms with Crippen molar-refractivity contribution in [3.63, 3.8) is 0 Å². The molecule has 1 heterocycles. The molecule has 0 atom stereocenters. The number of alkyl halides is 1. The van der Waals surface area contributed by atoms with E-state index in [0.717, 1.165) is 3.57 Å². The summed E-state index contributed by atoms with van der Waals surface area (Å²) in [5.41, 5.74) is 6.43. The normalized spacial score (nSPS) is 10.6. The molecule has 18 heavy (non-hydrogen) atoms. The van der Waals surface area contributed by atoms with Crippen LogP contribution in [0.5, 0.6) is 0 Å². The Bertz CT molecular complexity index is 593. The first kappa shape index (κ1) is 13.4. The molecule has 1 aromatic heterocycles. The Balaban J connectivity index is 2.58. The quantitative estimate of drug-likeness (QED) is 0.585. The van der Waals surface area contributed by atoms with E-state index in [4.69, 9.17) is 5.73 Å².